The van der Waals surface area contributed by atoms with Gasteiger partial charge in [-0.1, -0.05) is 12.1 Å². The summed E-state index contributed by atoms with van der Waals surface area (Å²) in [6.07, 6.45) is 10.1. The van der Waals surface area contributed by atoms with E-state index in [0.29, 0.717) is 12.3 Å². The summed E-state index contributed by atoms with van der Waals surface area (Å²) in [5.74, 6) is 0.333. The molecule has 4 nitrogen and oxygen atoms in total. The molecule has 26 heavy (non-hydrogen) atoms. The number of anilines is 1. The fourth-order valence-electron chi connectivity index (χ4n) is 3.32. The summed E-state index contributed by atoms with van der Waals surface area (Å²) >= 11 is 0. The molecule has 1 aromatic heterocycles. The van der Waals surface area contributed by atoms with Gasteiger partial charge in [0.2, 0.25) is 0 Å². The van der Waals surface area contributed by atoms with E-state index in [-0.39, 0.29) is 11.9 Å². The van der Waals surface area contributed by atoms with Crippen LogP contribution in [-0.2, 0) is 6.54 Å². The summed E-state index contributed by atoms with van der Waals surface area (Å²) in [6.45, 7) is 0.650. The van der Waals surface area contributed by atoms with Crippen LogP contribution in [0.5, 0.6) is 5.75 Å². The minimum atomic E-state index is -0.270. The Balaban J connectivity index is 1.44. The lowest BCUT2D eigenvalue weighted by molar-refractivity contribution is 0.210. The number of imidazole rings is 1. The Morgan fingerprint density at radius 2 is 1.92 bits per heavy atom. The lowest BCUT2D eigenvalue weighted by atomic mass is 10.2. The van der Waals surface area contributed by atoms with E-state index in [1.165, 1.54) is 25.0 Å². The van der Waals surface area contributed by atoms with Gasteiger partial charge in [-0.3, -0.25) is 0 Å². The van der Waals surface area contributed by atoms with Gasteiger partial charge in [0.1, 0.15) is 11.6 Å². The first kappa shape index (κ1) is 16.6. The maximum absolute atomic E-state index is 13.6. The lowest BCUT2D eigenvalue weighted by Crippen LogP contribution is -2.13. The fourth-order valence-corrected chi connectivity index (χ4v) is 3.32. The summed E-state index contributed by atoms with van der Waals surface area (Å²) in [5, 5.41) is 3.37. The number of nitrogens with one attached hydrogen (secondary N) is 1. The highest BCUT2D eigenvalue weighted by atomic mass is 19.1. The van der Waals surface area contributed by atoms with Gasteiger partial charge < -0.3 is 14.6 Å². The number of halogens is 1. The van der Waals surface area contributed by atoms with Gasteiger partial charge in [0, 0.05) is 30.7 Å². The Labute approximate surface area is 152 Å². The number of nitrogens with zero attached hydrogens (tertiary/aromatic N) is 2. The third kappa shape index (κ3) is 3.87. The molecule has 0 bridgehead atoms. The molecular formula is C21H22FN3O. The van der Waals surface area contributed by atoms with Crippen LogP contribution >= 0.6 is 0 Å². The number of rotatable bonds is 6. The van der Waals surface area contributed by atoms with Crippen LogP contribution in [0.2, 0.25) is 0 Å². The minimum absolute atomic E-state index is 0.201. The van der Waals surface area contributed by atoms with Gasteiger partial charge in [-0.05, 0) is 55.5 Å². The van der Waals surface area contributed by atoms with Crippen molar-refractivity contribution in [3.8, 4) is 11.4 Å². The fraction of sp³-hybridized carbons (Fsp3) is 0.286. The van der Waals surface area contributed by atoms with Crippen molar-refractivity contribution in [3.63, 3.8) is 0 Å². The molecule has 0 atom stereocenters. The number of ether oxygens (including phenoxy) is 1. The summed E-state index contributed by atoms with van der Waals surface area (Å²) < 4.78 is 21.6. The number of aromatic nitrogens is 2. The Morgan fingerprint density at radius 1 is 1.12 bits per heavy atom. The Hall–Kier alpha value is -2.82. The normalized spacial score (nSPS) is 14.5. The Morgan fingerprint density at radius 3 is 2.65 bits per heavy atom. The predicted octanol–water partition coefficient (Wildman–Crippen LogP) is 4.94. The zero-order valence-electron chi connectivity index (χ0n) is 14.6. The maximum atomic E-state index is 13.6. The van der Waals surface area contributed by atoms with E-state index in [9.17, 15) is 4.39 Å². The van der Waals surface area contributed by atoms with Gasteiger partial charge in [-0.2, -0.15) is 0 Å². The quantitative estimate of drug-likeness (QED) is 0.683. The van der Waals surface area contributed by atoms with Crippen LogP contribution in [0.1, 0.15) is 31.2 Å². The predicted molar refractivity (Wildman–Crippen MR) is 100 cm³/mol. The van der Waals surface area contributed by atoms with E-state index in [2.05, 4.69) is 34.6 Å². The molecular weight excluding hydrogens is 329 g/mol. The van der Waals surface area contributed by atoms with Crippen LogP contribution in [-0.4, -0.2) is 15.7 Å². The van der Waals surface area contributed by atoms with Crippen LogP contribution in [0.4, 0.5) is 10.1 Å². The molecule has 0 spiro atoms. The van der Waals surface area contributed by atoms with E-state index >= 15 is 0 Å². The van der Waals surface area contributed by atoms with E-state index in [1.54, 1.807) is 18.6 Å². The minimum Gasteiger partial charge on any atom is -0.488 e. The van der Waals surface area contributed by atoms with Crippen LogP contribution in [0.3, 0.4) is 0 Å². The molecule has 1 aliphatic rings. The SMILES string of the molecule is Fc1ccc(NCc2ccc(-n3ccnc3)cc2)c(OC2CCCC2)c1. The highest BCUT2D eigenvalue weighted by Crippen LogP contribution is 2.31. The molecule has 5 heteroatoms. The summed E-state index contributed by atoms with van der Waals surface area (Å²) in [7, 11) is 0. The zero-order chi connectivity index (χ0) is 17.8. The van der Waals surface area contributed by atoms with Crippen molar-refractivity contribution in [1.82, 2.24) is 9.55 Å². The van der Waals surface area contributed by atoms with E-state index in [1.807, 2.05) is 10.8 Å². The second kappa shape index (κ2) is 7.60. The molecule has 0 saturated heterocycles. The Bertz CT molecular complexity index is 840. The zero-order valence-corrected chi connectivity index (χ0v) is 14.6. The number of hydrogen-bond donors (Lipinski definition) is 1. The molecule has 3 aromatic rings. The number of benzene rings is 2. The topological polar surface area (TPSA) is 39.1 Å². The second-order valence-corrected chi connectivity index (χ2v) is 6.65. The third-order valence-electron chi connectivity index (χ3n) is 4.76. The first-order valence-corrected chi connectivity index (χ1v) is 9.05. The summed E-state index contributed by atoms with van der Waals surface area (Å²) in [6, 6.07) is 12.9. The Kier molecular flexibility index (Phi) is 4.86. The molecule has 1 heterocycles. The first-order valence-electron chi connectivity index (χ1n) is 9.05. The van der Waals surface area contributed by atoms with Crippen molar-refractivity contribution >= 4 is 5.69 Å². The monoisotopic (exact) mass is 351 g/mol. The largest absolute Gasteiger partial charge is 0.488 e. The van der Waals surface area contributed by atoms with E-state index < -0.39 is 0 Å². The smallest absolute Gasteiger partial charge is 0.145 e. The van der Waals surface area contributed by atoms with Gasteiger partial charge >= 0.3 is 0 Å². The highest BCUT2D eigenvalue weighted by molar-refractivity contribution is 5.57. The molecule has 0 amide bonds. The van der Waals surface area contributed by atoms with Gasteiger partial charge in [-0.15, -0.1) is 0 Å². The molecule has 1 fully saturated rings. The van der Waals surface area contributed by atoms with E-state index in [0.717, 1.165) is 29.8 Å². The highest BCUT2D eigenvalue weighted by Gasteiger charge is 2.18. The molecule has 0 radical (unpaired) electrons. The van der Waals surface area contributed by atoms with Crippen molar-refractivity contribution in [2.24, 2.45) is 0 Å². The van der Waals surface area contributed by atoms with Gasteiger partial charge in [-0.25, -0.2) is 9.37 Å². The van der Waals surface area contributed by atoms with Crippen LogP contribution in [0.25, 0.3) is 5.69 Å². The second-order valence-electron chi connectivity index (χ2n) is 6.65. The summed E-state index contributed by atoms with van der Waals surface area (Å²) in [4.78, 5) is 4.06. The lowest BCUT2D eigenvalue weighted by Gasteiger charge is -2.17. The molecule has 4 rings (SSSR count). The van der Waals surface area contributed by atoms with Crippen LogP contribution < -0.4 is 10.1 Å². The molecule has 0 aliphatic heterocycles. The van der Waals surface area contributed by atoms with Gasteiger partial charge in [0.25, 0.3) is 0 Å². The van der Waals surface area contributed by atoms with Crippen LogP contribution in [0.15, 0.2) is 61.2 Å². The molecule has 2 aromatic carbocycles. The summed E-state index contributed by atoms with van der Waals surface area (Å²) in [5.41, 5.74) is 3.04. The molecule has 1 saturated carbocycles. The molecule has 1 aliphatic carbocycles. The van der Waals surface area contributed by atoms with Crippen molar-refractivity contribution in [2.45, 2.75) is 38.3 Å². The van der Waals surface area contributed by atoms with Crippen molar-refractivity contribution in [1.29, 1.82) is 0 Å². The van der Waals surface area contributed by atoms with Crippen LogP contribution in [0, 0.1) is 5.82 Å². The molecule has 1 N–H and O–H groups in total. The average Bonchev–Trinajstić information content (AvgIpc) is 3.35. The number of hydrogen-bond acceptors (Lipinski definition) is 3. The van der Waals surface area contributed by atoms with E-state index in [4.69, 9.17) is 4.74 Å². The van der Waals surface area contributed by atoms with Crippen molar-refractivity contribution in [3.05, 3.63) is 72.6 Å². The average molecular weight is 351 g/mol. The van der Waals surface area contributed by atoms with Crippen molar-refractivity contribution < 1.29 is 9.13 Å². The van der Waals surface area contributed by atoms with Gasteiger partial charge in [0.05, 0.1) is 18.1 Å². The maximum Gasteiger partial charge on any atom is 0.145 e. The third-order valence-corrected chi connectivity index (χ3v) is 4.76. The first-order chi connectivity index (χ1) is 12.8. The van der Waals surface area contributed by atoms with Gasteiger partial charge in [0.15, 0.2) is 0 Å². The molecule has 0 unspecified atom stereocenters. The standard InChI is InChI=1S/C21H22FN3O/c22-17-7-10-20(21(13-17)26-19-3-1-2-4-19)24-14-16-5-8-18(9-6-16)25-12-11-23-15-25/h5-13,15,19,24H,1-4,14H2. The molecule has 134 valence electrons. The van der Waals surface area contributed by atoms with Crippen molar-refractivity contribution in [2.75, 3.05) is 5.32 Å².